The highest BCUT2D eigenvalue weighted by Crippen LogP contribution is 2.32. The van der Waals surface area contributed by atoms with Crippen LogP contribution in [0.4, 0.5) is 10.5 Å². The van der Waals surface area contributed by atoms with Gasteiger partial charge in [-0.05, 0) is 58.7 Å². The van der Waals surface area contributed by atoms with Crippen molar-refractivity contribution in [2.24, 2.45) is 0 Å². The van der Waals surface area contributed by atoms with Gasteiger partial charge in [0.25, 0.3) is 0 Å². The molecule has 3 nitrogen and oxygen atoms in total. The quantitative estimate of drug-likeness (QED) is 0.629. The number of carbonyl (C=O) groups excluding carboxylic acids is 1. The normalized spacial score (nSPS) is 10.3. The molecule has 1 amide bonds. The SMILES string of the molecule is Cc1cc(Cl)cc(Br)c1OC(=O)Nc1ccc(Cl)c(Cl)c1. The van der Waals surface area contributed by atoms with Crippen molar-refractivity contribution in [3.05, 3.63) is 55.4 Å². The lowest BCUT2D eigenvalue weighted by molar-refractivity contribution is 0.214. The third-order valence-corrected chi connectivity index (χ3v) is 4.10. The van der Waals surface area contributed by atoms with Crippen molar-refractivity contribution in [2.75, 3.05) is 5.32 Å². The zero-order chi connectivity index (χ0) is 15.6. The van der Waals surface area contributed by atoms with Crippen molar-refractivity contribution in [3.63, 3.8) is 0 Å². The first kappa shape index (κ1) is 16.4. The maximum absolute atomic E-state index is 11.9. The van der Waals surface area contributed by atoms with Gasteiger partial charge in [0.1, 0.15) is 5.75 Å². The van der Waals surface area contributed by atoms with Crippen LogP contribution in [0, 0.1) is 6.92 Å². The largest absolute Gasteiger partial charge is 0.417 e. The zero-order valence-corrected chi connectivity index (χ0v) is 14.6. The molecule has 0 saturated heterocycles. The van der Waals surface area contributed by atoms with E-state index in [0.29, 0.717) is 31.0 Å². The average Bonchev–Trinajstić information content (AvgIpc) is 2.38. The van der Waals surface area contributed by atoms with E-state index in [-0.39, 0.29) is 0 Å². The molecule has 0 saturated carbocycles. The number of hydrogen-bond acceptors (Lipinski definition) is 2. The molecule has 2 aromatic carbocycles. The molecule has 0 aliphatic carbocycles. The van der Waals surface area contributed by atoms with Gasteiger partial charge in [-0.3, -0.25) is 5.32 Å². The Bertz CT molecular complexity index is 684. The molecule has 0 fully saturated rings. The van der Waals surface area contributed by atoms with E-state index >= 15 is 0 Å². The van der Waals surface area contributed by atoms with Crippen LogP contribution >= 0.6 is 50.7 Å². The van der Waals surface area contributed by atoms with Crippen molar-refractivity contribution < 1.29 is 9.53 Å². The fraction of sp³-hybridized carbons (Fsp3) is 0.0714. The van der Waals surface area contributed by atoms with Crippen LogP contribution in [-0.2, 0) is 0 Å². The highest BCUT2D eigenvalue weighted by molar-refractivity contribution is 9.10. The molecule has 0 bridgehead atoms. The summed E-state index contributed by atoms with van der Waals surface area (Å²) in [6.07, 6.45) is -0.639. The van der Waals surface area contributed by atoms with Crippen molar-refractivity contribution in [2.45, 2.75) is 6.92 Å². The van der Waals surface area contributed by atoms with E-state index in [2.05, 4.69) is 21.2 Å². The topological polar surface area (TPSA) is 38.3 Å². The maximum Gasteiger partial charge on any atom is 0.417 e. The smallest absolute Gasteiger partial charge is 0.409 e. The number of anilines is 1. The molecule has 0 spiro atoms. The number of nitrogens with one attached hydrogen (secondary N) is 1. The van der Waals surface area contributed by atoms with Gasteiger partial charge in [-0.1, -0.05) is 34.8 Å². The molecule has 7 heteroatoms. The number of hydrogen-bond donors (Lipinski definition) is 1. The van der Waals surface area contributed by atoms with E-state index in [1.807, 2.05) is 0 Å². The van der Waals surface area contributed by atoms with Crippen LogP contribution in [0.2, 0.25) is 15.1 Å². The van der Waals surface area contributed by atoms with Crippen molar-refractivity contribution >= 4 is 62.5 Å². The standard InChI is InChI=1S/C14H9BrCl3NO2/c1-7-4-8(16)5-10(15)13(7)21-14(20)19-9-2-3-11(17)12(18)6-9/h2-6H,1H3,(H,19,20). The van der Waals surface area contributed by atoms with E-state index in [0.717, 1.165) is 5.56 Å². The van der Waals surface area contributed by atoms with Gasteiger partial charge in [0.2, 0.25) is 0 Å². The summed E-state index contributed by atoms with van der Waals surface area (Å²) in [6, 6.07) is 8.10. The first-order valence-electron chi connectivity index (χ1n) is 5.76. The number of benzene rings is 2. The molecule has 0 radical (unpaired) electrons. The number of amides is 1. The molecule has 1 N–H and O–H groups in total. The lowest BCUT2D eigenvalue weighted by atomic mass is 10.2. The number of aryl methyl sites for hydroxylation is 1. The molecule has 0 unspecified atom stereocenters. The van der Waals surface area contributed by atoms with Crippen LogP contribution < -0.4 is 10.1 Å². The Hall–Kier alpha value is -0.940. The number of halogens is 4. The van der Waals surface area contributed by atoms with Crippen molar-refractivity contribution in [3.8, 4) is 5.75 Å². The Labute approximate surface area is 145 Å². The molecular formula is C14H9BrCl3NO2. The summed E-state index contributed by atoms with van der Waals surface area (Å²) in [5, 5.41) is 3.88. The summed E-state index contributed by atoms with van der Waals surface area (Å²) < 4.78 is 5.87. The van der Waals surface area contributed by atoms with E-state index in [1.165, 1.54) is 6.07 Å². The van der Waals surface area contributed by atoms with Gasteiger partial charge in [-0.25, -0.2) is 4.79 Å². The van der Waals surface area contributed by atoms with E-state index < -0.39 is 6.09 Å². The van der Waals surface area contributed by atoms with Gasteiger partial charge in [0.05, 0.1) is 14.5 Å². The summed E-state index contributed by atoms with van der Waals surface area (Å²) in [6.45, 7) is 1.79. The van der Waals surface area contributed by atoms with Gasteiger partial charge in [0, 0.05) is 10.7 Å². The Morgan fingerprint density at radius 2 is 1.86 bits per heavy atom. The predicted molar refractivity (Wildman–Crippen MR) is 90.0 cm³/mol. The van der Waals surface area contributed by atoms with Crippen LogP contribution in [0.5, 0.6) is 5.75 Å². The Morgan fingerprint density at radius 1 is 1.14 bits per heavy atom. The second kappa shape index (κ2) is 6.88. The third kappa shape index (κ3) is 4.27. The number of rotatable bonds is 2. The first-order valence-corrected chi connectivity index (χ1v) is 7.69. The number of carbonyl (C=O) groups is 1. The van der Waals surface area contributed by atoms with Crippen LogP contribution in [0.15, 0.2) is 34.8 Å². The Morgan fingerprint density at radius 3 is 2.48 bits per heavy atom. The summed E-state index contributed by atoms with van der Waals surface area (Å²) >= 11 is 20.9. The number of ether oxygens (including phenoxy) is 1. The molecule has 21 heavy (non-hydrogen) atoms. The fourth-order valence-corrected chi connectivity index (χ4v) is 2.97. The molecule has 2 aromatic rings. The van der Waals surface area contributed by atoms with Crippen LogP contribution in [0.1, 0.15) is 5.56 Å². The molecule has 0 aromatic heterocycles. The van der Waals surface area contributed by atoms with Crippen LogP contribution in [0.25, 0.3) is 0 Å². The summed E-state index contributed by atoms with van der Waals surface area (Å²) in [7, 11) is 0. The molecule has 2 rings (SSSR count). The van der Waals surface area contributed by atoms with E-state index in [1.54, 1.807) is 31.2 Å². The van der Waals surface area contributed by atoms with Gasteiger partial charge >= 0.3 is 6.09 Å². The second-order valence-corrected chi connectivity index (χ2v) is 6.28. The predicted octanol–water partition coefficient (Wildman–Crippen LogP) is 6.33. The highest BCUT2D eigenvalue weighted by Gasteiger charge is 2.12. The highest BCUT2D eigenvalue weighted by atomic mass is 79.9. The van der Waals surface area contributed by atoms with Crippen LogP contribution in [-0.4, -0.2) is 6.09 Å². The maximum atomic E-state index is 11.9. The minimum absolute atomic E-state index is 0.346. The molecule has 110 valence electrons. The second-order valence-electron chi connectivity index (χ2n) is 4.18. The summed E-state index contributed by atoms with van der Waals surface area (Å²) in [4.78, 5) is 11.9. The van der Waals surface area contributed by atoms with E-state index in [4.69, 9.17) is 39.5 Å². The van der Waals surface area contributed by atoms with Gasteiger partial charge in [-0.2, -0.15) is 0 Å². The lowest BCUT2D eigenvalue weighted by Crippen LogP contribution is -2.17. The van der Waals surface area contributed by atoms with E-state index in [9.17, 15) is 4.79 Å². The molecule has 0 atom stereocenters. The first-order chi connectivity index (χ1) is 9.86. The zero-order valence-electron chi connectivity index (χ0n) is 10.7. The van der Waals surface area contributed by atoms with Crippen LogP contribution in [0.3, 0.4) is 0 Å². The molecule has 0 aliphatic rings. The minimum atomic E-state index is -0.639. The summed E-state index contributed by atoms with van der Waals surface area (Å²) in [5.41, 5.74) is 1.22. The molecule has 0 heterocycles. The van der Waals surface area contributed by atoms with Gasteiger partial charge < -0.3 is 4.74 Å². The minimum Gasteiger partial charge on any atom is -0.409 e. The Kier molecular flexibility index (Phi) is 5.38. The molecular weight excluding hydrogens is 400 g/mol. The van der Waals surface area contributed by atoms with Crippen molar-refractivity contribution in [1.29, 1.82) is 0 Å². The lowest BCUT2D eigenvalue weighted by Gasteiger charge is -2.11. The monoisotopic (exact) mass is 407 g/mol. The van der Waals surface area contributed by atoms with Gasteiger partial charge in [0.15, 0.2) is 0 Å². The average molecular weight is 409 g/mol. The summed E-state index contributed by atoms with van der Waals surface area (Å²) in [5.74, 6) is 0.400. The fourth-order valence-electron chi connectivity index (χ4n) is 1.63. The molecule has 0 aliphatic heterocycles. The Balaban J connectivity index is 2.13. The van der Waals surface area contributed by atoms with Crippen molar-refractivity contribution in [1.82, 2.24) is 0 Å². The van der Waals surface area contributed by atoms with Gasteiger partial charge in [-0.15, -0.1) is 0 Å². The third-order valence-electron chi connectivity index (χ3n) is 2.55.